The largest absolute Gasteiger partial charge is 0.418 e. The second-order valence-corrected chi connectivity index (χ2v) is 3.36. The summed E-state index contributed by atoms with van der Waals surface area (Å²) in [6, 6.07) is 0. The summed E-state index contributed by atoms with van der Waals surface area (Å²) < 4.78 is 9.14. The van der Waals surface area contributed by atoms with Crippen molar-refractivity contribution in [1.29, 1.82) is 0 Å². The van der Waals surface area contributed by atoms with Gasteiger partial charge in [-0.25, -0.2) is 0 Å². The van der Waals surface area contributed by atoms with E-state index in [2.05, 4.69) is 19.8 Å². The zero-order valence-corrected chi connectivity index (χ0v) is 8.41. The van der Waals surface area contributed by atoms with Crippen LogP contribution in [0.1, 0.15) is 18.5 Å². The van der Waals surface area contributed by atoms with Crippen molar-refractivity contribution in [3.63, 3.8) is 0 Å². The van der Waals surface area contributed by atoms with Crippen LogP contribution in [-0.4, -0.2) is 19.8 Å². The second-order valence-electron chi connectivity index (χ2n) is 2.61. The first kappa shape index (κ1) is 9.22. The van der Waals surface area contributed by atoms with Crippen molar-refractivity contribution in [3.8, 4) is 10.8 Å². The predicted octanol–water partition coefficient (Wildman–Crippen LogP) is 0.609. The van der Waals surface area contributed by atoms with Gasteiger partial charge in [0.2, 0.25) is 5.89 Å². The summed E-state index contributed by atoms with van der Waals surface area (Å²) in [5, 5.41) is 11.6. The Morgan fingerprint density at radius 2 is 2.21 bits per heavy atom. The van der Waals surface area contributed by atoms with Crippen molar-refractivity contribution in [1.82, 2.24) is 19.8 Å². The zero-order chi connectivity index (χ0) is 9.97. The first-order chi connectivity index (χ1) is 6.85. The van der Waals surface area contributed by atoms with Gasteiger partial charge >= 0.3 is 0 Å². The minimum atomic E-state index is 0.251. The third-order valence-electron chi connectivity index (χ3n) is 1.73. The average molecular weight is 211 g/mol. The first-order valence-corrected chi connectivity index (χ1v) is 4.96. The summed E-state index contributed by atoms with van der Waals surface area (Å²) in [6.07, 6.45) is 0.798. The Morgan fingerprint density at radius 1 is 1.36 bits per heavy atom. The molecule has 74 valence electrons. The van der Waals surface area contributed by atoms with E-state index in [9.17, 15) is 0 Å². The smallest absolute Gasteiger partial charge is 0.261 e. The van der Waals surface area contributed by atoms with Gasteiger partial charge in [0.1, 0.15) is 4.88 Å². The quantitative estimate of drug-likeness (QED) is 0.799. The highest BCUT2D eigenvalue weighted by Gasteiger charge is 2.14. The monoisotopic (exact) mass is 211 g/mol. The molecule has 0 saturated carbocycles. The molecule has 0 aromatic carbocycles. The molecule has 0 amide bonds. The van der Waals surface area contributed by atoms with Crippen LogP contribution in [-0.2, 0) is 13.0 Å². The Morgan fingerprint density at radius 3 is 2.86 bits per heavy atom. The Kier molecular flexibility index (Phi) is 2.51. The van der Waals surface area contributed by atoms with E-state index in [-0.39, 0.29) is 6.54 Å². The molecule has 2 aromatic rings. The molecule has 0 bridgehead atoms. The lowest BCUT2D eigenvalue weighted by Gasteiger charge is -1.89. The fraction of sp³-hybridized carbons (Fsp3) is 0.429. The van der Waals surface area contributed by atoms with Gasteiger partial charge in [-0.15, -0.1) is 15.3 Å². The van der Waals surface area contributed by atoms with E-state index >= 15 is 0 Å². The van der Waals surface area contributed by atoms with Crippen LogP contribution in [0.5, 0.6) is 0 Å². The topological polar surface area (TPSA) is 90.7 Å². The third-order valence-corrected chi connectivity index (χ3v) is 2.48. The maximum Gasteiger partial charge on any atom is 0.261 e. The Bertz CT molecular complexity index is 423. The molecule has 2 aromatic heterocycles. The van der Waals surface area contributed by atoms with Gasteiger partial charge in [-0.1, -0.05) is 11.4 Å². The van der Waals surface area contributed by atoms with Crippen molar-refractivity contribution in [2.45, 2.75) is 19.9 Å². The van der Waals surface area contributed by atoms with Crippen LogP contribution >= 0.6 is 11.5 Å². The maximum atomic E-state index is 5.36. The second kappa shape index (κ2) is 3.81. The van der Waals surface area contributed by atoms with Crippen molar-refractivity contribution >= 4 is 11.5 Å². The molecule has 0 atom stereocenters. The molecule has 7 heteroatoms. The fourth-order valence-corrected chi connectivity index (χ4v) is 1.70. The van der Waals surface area contributed by atoms with Crippen LogP contribution < -0.4 is 5.73 Å². The molecule has 0 spiro atoms. The minimum Gasteiger partial charge on any atom is -0.418 e. The summed E-state index contributed by atoms with van der Waals surface area (Å²) in [5.41, 5.74) is 6.24. The number of aromatic nitrogens is 4. The van der Waals surface area contributed by atoms with Crippen LogP contribution in [0.15, 0.2) is 4.42 Å². The molecule has 2 N–H and O–H groups in total. The Labute approximate surface area is 84.3 Å². The molecule has 0 saturated heterocycles. The van der Waals surface area contributed by atoms with Gasteiger partial charge < -0.3 is 10.2 Å². The summed E-state index contributed by atoms with van der Waals surface area (Å²) >= 11 is 1.25. The van der Waals surface area contributed by atoms with Crippen LogP contribution in [0.25, 0.3) is 10.8 Å². The molecule has 6 nitrogen and oxygen atoms in total. The van der Waals surface area contributed by atoms with Gasteiger partial charge in [-0.3, -0.25) is 0 Å². The summed E-state index contributed by atoms with van der Waals surface area (Å²) in [6.45, 7) is 2.25. The van der Waals surface area contributed by atoms with Gasteiger partial charge in [-0.2, -0.15) is 0 Å². The van der Waals surface area contributed by atoms with Crippen molar-refractivity contribution in [2.24, 2.45) is 5.73 Å². The van der Waals surface area contributed by atoms with Gasteiger partial charge in [-0.05, 0) is 18.0 Å². The van der Waals surface area contributed by atoms with Crippen LogP contribution in [0.2, 0.25) is 0 Å². The van der Waals surface area contributed by atoms with E-state index in [1.165, 1.54) is 11.5 Å². The summed E-state index contributed by atoms with van der Waals surface area (Å²) in [5.74, 6) is 0.882. The lowest BCUT2D eigenvalue weighted by atomic mass is 10.3. The highest BCUT2D eigenvalue weighted by molar-refractivity contribution is 7.09. The molecule has 0 radical (unpaired) electrons. The number of nitrogens with two attached hydrogens (primary N) is 1. The number of hydrogen-bond acceptors (Lipinski definition) is 7. The van der Waals surface area contributed by atoms with Gasteiger partial charge in [0.15, 0.2) is 0 Å². The average Bonchev–Trinajstić information content (AvgIpc) is 2.85. The van der Waals surface area contributed by atoms with E-state index in [0.29, 0.717) is 11.8 Å². The molecule has 14 heavy (non-hydrogen) atoms. The van der Waals surface area contributed by atoms with E-state index in [0.717, 1.165) is 17.0 Å². The van der Waals surface area contributed by atoms with E-state index in [1.807, 2.05) is 6.92 Å². The number of rotatable bonds is 3. The van der Waals surface area contributed by atoms with E-state index in [4.69, 9.17) is 10.2 Å². The highest BCUT2D eigenvalue weighted by Crippen LogP contribution is 2.24. The summed E-state index contributed by atoms with van der Waals surface area (Å²) in [4.78, 5) is 0.833. The normalized spacial score (nSPS) is 10.7. The lowest BCUT2D eigenvalue weighted by Crippen LogP contribution is -1.95. The number of aryl methyl sites for hydroxylation is 1. The molecule has 0 unspecified atom stereocenters. The molecule has 0 aliphatic rings. The first-order valence-electron chi connectivity index (χ1n) is 4.19. The van der Waals surface area contributed by atoms with Crippen LogP contribution in [0.3, 0.4) is 0 Å². The summed E-state index contributed by atoms with van der Waals surface area (Å²) in [7, 11) is 0. The van der Waals surface area contributed by atoms with E-state index in [1.54, 1.807) is 0 Å². The lowest BCUT2D eigenvalue weighted by molar-refractivity contribution is 0.509. The maximum absolute atomic E-state index is 5.36. The van der Waals surface area contributed by atoms with Gasteiger partial charge in [0.05, 0.1) is 12.2 Å². The zero-order valence-electron chi connectivity index (χ0n) is 7.60. The fourth-order valence-electron chi connectivity index (χ4n) is 1.03. The van der Waals surface area contributed by atoms with Gasteiger partial charge in [0, 0.05) is 0 Å². The molecule has 0 aliphatic carbocycles. The molecule has 0 aliphatic heterocycles. The SMILES string of the molecule is CCc1nnsc1-c1nnc(CN)o1. The molecule has 2 rings (SSSR count). The molecular formula is C7H9N5OS. The van der Waals surface area contributed by atoms with Crippen molar-refractivity contribution in [2.75, 3.05) is 0 Å². The van der Waals surface area contributed by atoms with Crippen molar-refractivity contribution < 1.29 is 4.42 Å². The minimum absolute atomic E-state index is 0.251. The van der Waals surface area contributed by atoms with Gasteiger partial charge in [0.25, 0.3) is 5.89 Å². The molecule has 2 heterocycles. The highest BCUT2D eigenvalue weighted by atomic mass is 32.1. The predicted molar refractivity (Wildman–Crippen MR) is 50.5 cm³/mol. The standard InChI is InChI=1S/C7H9N5OS/c1-2-4-6(14-12-9-4)7-11-10-5(3-8)13-7/h2-3,8H2,1H3. The molecule has 0 fully saturated rings. The Hall–Kier alpha value is -1.34. The van der Waals surface area contributed by atoms with Crippen LogP contribution in [0, 0.1) is 0 Å². The van der Waals surface area contributed by atoms with Crippen LogP contribution in [0.4, 0.5) is 0 Å². The Balaban J connectivity index is 2.38. The van der Waals surface area contributed by atoms with E-state index < -0.39 is 0 Å². The number of nitrogens with zero attached hydrogens (tertiary/aromatic N) is 4. The van der Waals surface area contributed by atoms with Crippen molar-refractivity contribution in [3.05, 3.63) is 11.6 Å². The number of hydrogen-bond donors (Lipinski definition) is 1. The molecular weight excluding hydrogens is 202 g/mol. The third kappa shape index (κ3) is 1.51.